The van der Waals surface area contributed by atoms with E-state index in [4.69, 9.17) is 9.47 Å². The minimum atomic E-state index is -3.70. The number of hydrogen-bond donors (Lipinski definition) is 1. The summed E-state index contributed by atoms with van der Waals surface area (Å²) in [5.41, 5.74) is 0.254. The van der Waals surface area contributed by atoms with Crippen molar-refractivity contribution in [1.82, 2.24) is 14.5 Å². The Morgan fingerprint density at radius 1 is 1.20 bits per heavy atom. The lowest BCUT2D eigenvalue weighted by Gasteiger charge is -2.30. The van der Waals surface area contributed by atoms with Gasteiger partial charge in [0.1, 0.15) is 5.75 Å². The summed E-state index contributed by atoms with van der Waals surface area (Å²) in [6.45, 7) is 7.61. The normalized spacial score (nSPS) is 19.1. The first kappa shape index (κ1) is 23.0. The van der Waals surface area contributed by atoms with Crippen LogP contribution in [0.2, 0.25) is 0 Å². The van der Waals surface area contributed by atoms with Gasteiger partial charge >= 0.3 is 0 Å². The van der Waals surface area contributed by atoms with E-state index in [0.717, 1.165) is 32.0 Å². The molecule has 1 amide bonds. The molecular weight excluding hydrogens is 406 g/mol. The van der Waals surface area contributed by atoms with Crippen molar-refractivity contribution in [1.29, 1.82) is 0 Å². The number of ether oxygens (including phenoxy) is 2. The Kier molecular flexibility index (Phi) is 8.10. The van der Waals surface area contributed by atoms with E-state index >= 15 is 0 Å². The number of carbonyl (C=O) groups is 1. The summed E-state index contributed by atoms with van der Waals surface area (Å²) in [4.78, 5) is 17.0. The summed E-state index contributed by atoms with van der Waals surface area (Å²) < 4.78 is 38.8. The second-order valence-corrected chi connectivity index (χ2v) is 9.81. The van der Waals surface area contributed by atoms with Gasteiger partial charge in [0.15, 0.2) is 0 Å². The Labute approximate surface area is 179 Å². The molecule has 0 bridgehead atoms. The van der Waals surface area contributed by atoms with E-state index < -0.39 is 10.0 Å². The molecule has 30 heavy (non-hydrogen) atoms. The maximum absolute atomic E-state index is 12.9. The standard InChI is InChI=1S/C21H33N3O5S/c1-17-6-10-23(11-7-17)9-3-8-22-30(26,27)18-4-5-20(28-2)19(16-18)21(25)24-12-14-29-15-13-24/h4-5,16-17,22H,3,6-15H2,1-2H3. The summed E-state index contributed by atoms with van der Waals surface area (Å²) in [6, 6.07) is 4.42. The lowest BCUT2D eigenvalue weighted by Crippen LogP contribution is -2.40. The van der Waals surface area contributed by atoms with E-state index in [0.29, 0.717) is 38.6 Å². The number of likely N-dealkylation sites (tertiary alicyclic amines) is 1. The van der Waals surface area contributed by atoms with Crippen LogP contribution >= 0.6 is 0 Å². The third kappa shape index (κ3) is 5.94. The van der Waals surface area contributed by atoms with Crippen molar-refractivity contribution in [3.8, 4) is 5.75 Å². The summed E-state index contributed by atoms with van der Waals surface area (Å²) in [5, 5.41) is 0. The first-order valence-corrected chi connectivity index (χ1v) is 12.2. The Bertz CT molecular complexity index is 816. The van der Waals surface area contributed by atoms with E-state index in [1.54, 1.807) is 4.90 Å². The quantitative estimate of drug-likeness (QED) is 0.619. The fourth-order valence-corrected chi connectivity index (χ4v) is 4.94. The Morgan fingerprint density at radius 2 is 1.90 bits per heavy atom. The minimum Gasteiger partial charge on any atom is -0.496 e. The van der Waals surface area contributed by atoms with Gasteiger partial charge < -0.3 is 19.3 Å². The highest BCUT2D eigenvalue weighted by molar-refractivity contribution is 7.89. The van der Waals surface area contributed by atoms with E-state index in [2.05, 4.69) is 16.5 Å². The second kappa shape index (κ2) is 10.6. The van der Waals surface area contributed by atoms with Gasteiger partial charge in [0, 0.05) is 19.6 Å². The molecule has 1 aromatic carbocycles. The smallest absolute Gasteiger partial charge is 0.257 e. The lowest BCUT2D eigenvalue weighted by atomic mass is 9.99. The molecule has 2 fully saturated rings. The van der Waals surface area contributed by atoms with Crippen molar-refractivity contribution < 1.29 is 22.7 Å². The van der Waals surface area contributed by atoms with Crippen LogP contribution in [0.15, 0.2) is 23.1 Å². The minimum absolute atomic E-state index is 0.0757. The van der Waals surface area contributed by atoms with Gasteiger partial charge in [-0.2, -0.15) is 0 Å². The molecule has 0 aromatic heterocycles. The molecule has 0 spiro atoms. The molecule has 1 aromatic rings. The molecule has 2 aliphatic heterocycles. The zero-order valence-electron chi connectivity index (χ0n) is 17.9. The molecule has 2 aliphatic rings. The maximum atomic E-state index is 12.9. The zero-order chi connectivity index (χ0) is 21.6. The molecule has 9 heteroatoms. The molecule has 0 atom stereocenters. The van der Waals surface area contributed by atoms with Crippen molar-refractivity contribution in [2.24, 2.45) is 5.92 Å². The van der Waals surface area contributed by atoms with Crippen LogP contribution in [-0.2, 0) is 14.8 Å². The average molecular weight is 440 g/mol. The molecule has 0 aliphatic carbocycles. The molecule has 1 N–H and O–H groups in total. The largest absolute Gasteiger partial charge is 0.496 e. The first-order valence-electron chi connectivity index (χ1n) is 10.7. The number of sulfonamides is 1. The van der Waals surface area contributed by atoms with Crippen LogP contribution < -0.4 is 9.46 Å². The number of piperidine rings is 1. The molecule has 2 saturated heterocycles. The number of morpholine rings is 1. The highest BCUT2D eigenvalue weighted by atomic mass is 32.2. The van der Waals surface area contributed by atoms with E-state index in [-0.39, 0.29) is 16.4 Å². The average Bonchev–Trinajstić information content (AvgIpc) is 2.77. The predicted molar refractivity (Wildman–Crippen MR) is 114 cm³/mol. The van der Waals surface area contributed by atoms with Crippen molar-refractivity contribution in [2.45, 2.75) is 31.1 Å². The molecule has 0 unspecified atom stereocenters. The van der Waals surface area contributed by atoms with E-state index in [1.165, 1.54) is 38.2 Å². The number of methoxy groups -OCH3 is 1. The third-order valence-corrected chi connectivity index (χ3v) is 7.29. The van der Waals surface area contributed by atoms with Gasteiger partial charge in [-0.05, 0) is 63.0 Å². The van der Waals surface area contributed by atoms with Crippen molar-refractivity contribution in [2.75, 3.05) is 59.6 Å². The zero-order valence-corrected chi connectivity index (χ0v) is 18.7. The number of amides is 1. The Hall–Kier alpha value is -1.68. The molecule has 2 heterocycles. The number of hydrogen-bond acceptors (Lipinski definition) is 6. The van der Waals surface area contributed by atoms with Gasteiger partial charge in [0.25, 0.3) is 5.91 Å². The van der Waals surface area contributed by atoms with Gasteiger partial charge in [-0.3, -0.25) is 4.79 Å². The highest BCUT2D eigenvalue weighted by Gasteiger charge is 2.24. The van der Waals surface area contributed by atoms with E-state index in [1.807, 2.05) is 0 Å². The van der Waals surface area contributed by atoms with Crippen molar-refractivity contribution in [3.05, 3.63) is 23.8 Å². The number of carbonyl (C=O) groups excluding carboxylic acids is 1. The fraction of sp³-hybridized carbons (Fsp3) is 0.667. The van der Waals surface area contributed by atoms with Crippen molar-refractivity contribution in [3.63, 3.8) is 0 Å². The maximum Gasteiger partial charge on any atom is 0.257 e. The first-order chi connectivity index (χ1) is 14.4. The van der Waals surface area contributed by atoms with Gasteiger partial charge in [-0.25, -0.2) is 13.1 Å². The van der Waals surface area contributed by atoms with Crippen LogP contribution in [0.25, 0.3) is 0 Å². The number of benzene rings is 1. The van der Waals surface area contributed by atoms with Crippen LogP contribution in [0, 0.1) is 5.92 Å². The predicted octanol–water partition coefficient (Wildman–Crippen LogP) is 1.57. The summed E-state index contributed by atoms with van der Waals surface area (Å²) in [7, 11) is -2.23. The molecule has 3 rings (SSSR count). The molecule has 0 saturated carbocycles. The monoisotopic (exact) mass is 439 g/mol. The lowest BCUT2D eigenvalue weighted by molar-refractivity contribution is 0.0300. The molecule has 8 nitrogen and oxygen atoms in total. The van der Waals surface area contributed by atoms with Gasteiger partial charge in [-0.15, -0.1) is 0 Å². The highest BCUT2D eigenvalue weighted by Crippen LogP contribution is 2.24. The van der Waals surface area contributed by atoms with Crippen molar-refractivity contribution >= 4 is 15.9 Å². The second-order valence-electron chi connectivity index (χ2n) is 8.04. The molecular formula is C21H33N3O5S. The topological polar surface area (TPSA) is 88.2 Å². The Balaban J connectivity index is 1.61. The van der Waals surface area contributed by atoms with Gasteiger partial charge in [0.2, 0.25) is 10.0 Å². The van der Waals surface area contributed by atoms with Crippen LogP contribution in [0.4, 0.5) is 0 Å². The molecule has 0 radical (unpaired) electrons. The van der Waals surface area contributed by atoms with Crippen LogP contribution in [0.3, 0.4) is 0 Å². The number of nitrogens with zero attached hydrogens (tertiary/aromatic N) is 2. The summed E-state index contributed by atoms with van der Waals surface area (Å²) in [5.74, 6) is 0.903. The van der Waals surface area contributed by atoms with Gasteiger partial charge in [0.05, 0.1) is 30.8 Å². The van der Waals surface area contributed by atoms with Gasteiger partial charge in [-0.1, -0.05) is 6.92 Å². The number of rotatable bonds is 8. The summed E-state index contributed by atoms with van der Waals surface area (Å²) >= 11 is 0. The third-order valence-electron chi connectivity index (χ3n) is 5.83. The SMILES string of the molecule is COc1ccc(S(=O)(=O)NCCCN2CCC(C)CC2)cc1C(=O)N1CCOCC1. The summed E-state index contributed by atoms with van der Waals surface area (Å²) in [6.07, 6.45) is 3.17. The fourth-order valence-electron chi connectivity index (χ4n) is 3.84. The van der Waals surface area contributed by atoms with Crippen LogP contribution in [0.1, 0.15) is 36.5 Å². The van der Waals surface area contributed by atoms with E-state index in [9.17, 15) is 13.2 Å². The van der Waals surface area contributed by atoms with Crippen LogP contribution in [0.5, 0.6) is 5.75 Å². The Morgan fingerprint density at radius 3 is 2.57 bits per heavy atom. The van der Waals surface area contributed by atoms with Crippen LogP contribution in [-0.4, -0.2) is 83.7 Å². The number of nitrogens with one attached hydrogen (secondary N) is 1. The molecule has 168 valence electrons.